The average molecular weight is 484 g/mol. The molecular formula is C23H15Cl2N3O3S. The van der Waals surface area contributed by atoms with Crippen molar-refractivity contribution < 1.29 is 14.4 Å². The van der Waals surface area contributed by atoms with Gasteiger partial charge in [0.1, 0.15) is 4.88 Å². The summed E-state index contributed by atoms with van der Waals surface area (Å²) in [6.07, 6.45) is 0. The lowest BCUT2D eigenvalue weighted by atomic mass is 10.2. The Morgan fingerprint density at radius 3 is 2.00 bits per heavy atom. The minimum absolute atomic E-state index is 0.311. The number of nitrogens with one attached hydrogen (secondary N) is 3. The van der Waals surface area contributed by atoms with Gasteiger partial charge in [0.25, 0.3) is 17.7 Å². The second-order valence-electron chi connectivity index (χ2n) is 6.69. The number of thiophene rings is 1. The first kappa shape index (κ1) is 21.8. The van der Waals surface area contributed by atoms with Crippen molar-refractivity contribution >= 4 is 68.0 Å². The van der Waals surface area contributed by atoms with Crippen LogP contribution in [0, 0.1) is 0 Å². The minimum atomic E-state index is -0.489. The van der Waals surface area contributed by atoms with E-state index >= 15 is 0 Å². The number of carbonyl (C=O) groups excluding carboxylic acids is 3. The maximum atomic E-state index is 12.7. The predicted molar refractivity (Wildman–Crippen MR) is 128 cm³/mol. The SMILES string of the molecule is O=C(NNC(=O)c1ccc(NC(=O)c2sc3cc(Cl)ccc3c2Cl)cc1)c1ccccc1. The van der Waals surface area contributed by atoms with Crippen LogP contribution in [0.5, 0.6) is 0 Å². The highest BCUT2D eigenvalue weighted by Crippen LogP contribution is 2.37. The highest BCUT2D eigenvalue weighted by Gasteiger charge is 2.18. The molecule has 0 aliphatic heterocycles. The fourth-order valence-corrected chi connectivity index (χ4v) is 4.61. The highest BCUT2D eigenvalue weighted by atomic mass is 35.5. The van der Waals surface area contributed by atoms with Gasteiger partial charge in [-0.2, -0.15) is 0 Å². The number of carbonyl (C=O) groups is 3. The van der Waals surface area contributed by atoms with Gasteiger partial charge in [0.15, 0.2) is 0 Å². The zero-order chi connectivity index (χ0) is 22.7. The van der Waals surface area contributed by atoms with Gasteiger partial charge in [0, 0.05) is 31.9 Å². The lowest BCUT2D eigenvalue weighted by molar-refractivity contribution is 0.0846. The van der Waals surface area contributed by atoms with E-state index in [0.717, 1.165) is 10.1 Å². The summed E-state index contributed by atoms with van der Waals surface area (Å²) < 4.78 is 0.817. The van der Waals surface area contributed by atoms with Crippen molar-refractivity contribution in [2.75, 3.05) is 5.32 Å². The van der Waals surface area contributed by atoms with Gasteiger partial charge in [-0.15, -0.1) is 11.3 Å². The molecular weight excluding hydrogens is 469 g/mol. The Kier molecular flexibility index (Phi) is 6.41. The third-order valence-electron chi connectivity index (χ3n) is 4.53. The quantitative estimate of drug-likeness (QED) is 0.333. The van der Waals surface area contributed by atoms with Crippen LogP contribution in [0.15, 0.2) is 72.8 Å². The zero-order valence-electron chi connectivity index (χ0n) is 16.3. The monoisotopic (exact) mass is 483 g/mol. The van der Waals surface area contributed by atoms with Gasteiger partial charge in [-0.3, -0.25) is 25.2 Å². The van der Waals surface area contributed by atoms with E-state index in [1.165, 1.54) is 23.5 Å². The van der Waals surface area contributed by atoms with Crippen LogP contribution in [0.25, 0.3) is 10.1 Å². The van der Waals surface area contributed by atoms with Crippen LogP contribution in [0.4, 0.5) is 5.69 Å². The Hall–Kier alpha value is -3.39. The van der Waals surface area contributed by atoms with Crippen LogP contribution in [-0.4, -0.2) is 17.7 Å². The van der Waals surface area contributed by atoms with Crippen molar-refractivity contribution in [2.24, 2.45) is 0 Å². The molecule has 0 unspecified atom stereocenters. The standard InChI is InChI=1S/C23H15Cl2N3O3S/c24-15-8-11-17-18(12-15)32-20(19(17)25)23(31)26-16-9-6-14(7-10-16)22(30)28-27-21(29)13-4-2-1-3-5-13/h1-12H,(H,26,31)(H,27,29)(H,28,30). The number of amides is 3. The molecule has 0 saturated carbocycles. The maximum absolute atomic E-state index is 12.7. The average Bonchev–Trinajstić information content (AvgIpc) is 3.14. The Morgan fingerprint density at radius 2 is 1.34 bits per heavy atom. The molecule has 3 amide bonds. The zero-order valence-corrected chi connectivity index (χ0v) is 18.6. The van der Waals surface area contributed by atoms with Crippen LogP contribution < -0.4 is 16.2 Å². The van der Waals surface area contributed by atoms with Gasteiger partial charge in [-0.05, 0) is 48.5 Å². The lowest BCUT2D eigenvalue weighted by Gasteiger charge is -2.08. The summed E-state index contributed by atoms with van der Waals surface area (Å²) in [5.41, 5.74) is 5.94. The van der Waals surface area contributed by atoms with Crippen LogP contribution >= 0.6 is 34.5 Å². The summed E-state index contributed by atoms with van der Waals surface area (Å²) in [6, 6.07) is 20.0. The first-order chi connectivity index (χ1) is 15.4. The number of halogens is 2. The topological polar surface area (TPSA) is 87.3 Å². The molecule has 1 aromatic heterocycles. The number of rotatable bonds is 4. The van der Waals surface area contributed by atoms with E-state index in [0.29, 0.717) is 31.7 Å². The normalized spacial score (nSPS) is 10.6. The first-order valence-corrected chi connectivity index (χ1v) is 10.9. The number of hydrogen-bond acceptors (Lipinski definition) is 4. The van der Waals surface area contributed by atoms with Gasteiger partial charge < -0.3 is 5.32 Å². The van der Waals surface area contributed by atoms with Gasteiger partial charge in [0.2, 0.25) is 0 Å². The van der Waals surface area contributed by atoms with Gasteiger partial charge in [0.05, 0.1) is 5.02 Å². The van der Waals surface area contributed by atoms with Crippen LogP contribution in [0.3, 0.4) is 0 Å². The number of anilines is 1. The predicted octanol–water partition coefficient (Wildman–Crippen LogP) is 5.54. The van der Waals surface area contributed by atoms with Crippen molar-refractivity contribution in [3.05, 3.63) is 98.8 Å². The smallest absolute Gasteiger partial charge is 0.269 e. The lowest BCUT2D eigenvalue weighted by Crippen LogP contribution is -2.41. The van der Waals surface area contributed by atoms with E-state index in [4.69, 9.17) is 23.2 Å². The van der Waals surface area contributed by atoms with Crippen LogP contribution in [0.2, 0.25) is 10.0 Å². The molecule has 9 heteroatoms. The molecule has 4 aromatic rings. The van der Waals surface area contributed by atoms with Crippen molar-refractivity contribution in [3.63, 3.8) is 0 Å². The second-order valence-corrected chi connectivity index (χ2v) is 8.56. The Morgan fingerprint density at radius 1 is 0.719 bits per heavy atom. The molecule has 160 valence electrons. The summed E-state index contributed by atoms with van der Waals surface area (Å²) in [5, 5.41) is 4.46. The van der Waals surface area contributed by atoms with E-state index in [-0.39, 0.29) is 5.91 Å². The fourth-order valence-electron chi connectivity index (χ4n) is 2.93. The Bertz CT molecular complexity index is 1320. The van der Waals surface area contributed by atoms with Crippen molar-refractivity contribution in [3.8, 4) is 0 Å². The molecule has 0 aliphatic carbocycles. The number of fused-ring (bicyclic) bond motifs is 1. The third kappa shape index (κ3) is 4.75. The molecule has 3 N–H and O–H groups in total. The molecule has 0 spiro atoms. The Labute approximate surface area is 197 Å². The molecule has 0 fully saturated rings. The summed E-state index contributed by atoms with van der Waals surface area (Å²) in [4.78, 5) is 37.3. The molecule has 0 saturated heterocycles. The highest BCUT2D eigenvalue weighted by molar-refractivity contribution is 7.21. The number of hydrogen-bond donors (Lipinski definition) is 3. The van der Waals surface area contributed by atoms with E-state index in [1.54, 1.807) is 60.7 Å². The largest absolute Gasteiger partial charge is 0.321 e. The van der Waals surface area contributed by atoms with E-state index in [2.05, 4.69) is 16.2 Å². The molecule has 0 bridgehead atoms. The van der Waals surface area contributed by atoms with Crippen molar-refractivity contribution in [1.29, 1.82) is 0 Å². The minimum Gasteiger partial charge on any atom is -0.321 e. The maximum Gasteiger partial charge on any atom is 0.269 e. The number of hydrazine groups is 1. The molecule has 6 nitrogen and oxygen atoms in total. The fraction of sp³-hybridized carbons (Fsp3) is 0. The van der Waals surface area contributed by atoms with Gasteiger partial charge in [-0.25, -0.2) is 0 Å². The van der Waals surface area contributed by atoms with Gasteiger partial charge in [-0.1, -0.05) is 47.5 Å². The molecule has 32 heavy (non-hydrogen) atoms. The molecule has 0 atom stereocenters. The molecule has 0 radical (unpaired) electrons. The van der Waals surface area contributed by atoms with Crippen molar-refractivity contribution in [2.45, 2.75) is 0 Å². The van der Waals surface area contributed by atoms with Crippen LogP contribution in [-0.2, 0) is 0 Å². The molecule has 0 aliphatic rings. The summed E-state index contributed by atoms with van der Waals surface area (Å²) in [7, 11) is 0. The van der Waals surface area contributed by atoms with Crippen molar-refractivity contribution in [1.82, 2.24) is 10.9 Å². The van der Waals surface area contributed by atoms with Gasteiger partial charge >= 0.3 is 0 Å². The third-order valence-corrected chi connectivity index (χ3v) is 6.42. The second kappa shape index (κ2) is 9.40. The first-order valence-electron chi connectivity index (χ1n) is 9.37. The summed E-state index contributed by atoms with van der Waals surface area (Å²) in [5.74, 6) is -1.28. The summed E-state index contributed by atoms with van der Waals surface area (Å²) in [6.45, 7) is 0. The van der Waals surface area contributed by atoms with E-state index in [1.807, 2.05) is 0 Å². The molecule has 1 heterocycles. The Balaban J connectivity index is 1.39. The molecule has 4 rings (SSSR count). The summed E-state index contributed by atoms with van der Waals surface area (Å²) >= 11 is 13.6. The van der Waals surface area contributed by atoms with E-state index < -0.39 is 11.8 Å². The van der Waals surface area contributed by atoms with E-state index in [9.17, 15) is 14.4 Å². The number of benzene rings is 3. The van der Waals surface area contributed by atoms with Crippen LogP contribution in [0.1, 0.15) is 30.4 Å². The molecule has 3 aromatic carbocycles.